The van der Waals surface area contributed by atoms with Crippen LogP contribution in [0, 0.1) is 13.8 Å². The number of aromatic nitrogens is 2. The first-order chi connectivity index (χ1) is 10.0. The van der Waals surface area contributed by atoms with Crippen LogP contribution in [0.25, 0.3) is 0 Å². The number of para-hydroxylation sites is 1. The number of hydrogen-bond donors (Lipinski definition) is 1. The quantitative estimate of drug-likeness (QED) is 0.873. The standard InChI is InChI=1S/C16H19N3O2/c1-10-15(11(2)18(3)17-10)16(21)19-9-8-14(20)12-6-4-5-7-13(12)19/h4-7,14,20H,8-9H2,1-3H3. The Bertz CT molecular complexity index is 706. The predicted molar refractivity (Wildman–Crippen MR) is 80.4 cm³/mol. The van der Waals surface area contributed by atoms with E-state index in [2.05, 4.69) is 5.10 Å². The summed E-state index contributed by atoms with van der Waals surface area (Å²) in [6, 6.07) is 7.54. The van der Waals surface area contributed by atoms with E-state index in [0.29, 0.717) is 18.5 Å². The molecule has 0 saturated carbocycles. The van der Waals surface area contributed by atoms with Crippen molar-refractivity contribution < 1.29 is 9.90 Å². The van der Waals surface area contributed by atoms with Crippen molar-refractivity contribution in [3.8, 4) is 0 Å². The van der Waals surface area contributed by atoms with Crippen molar-refractivity contribution in [2.24, 2.45) is 7.05 Å². The van der Waals surface area contributed by atoms with E-state index < -0.39 is 6.10 Å². The van der Waals surface area contributed by atoms with Crippen LogP contribution >= 0.6 is 0 Å². The first-order valence-electron chi connectivity index (χ1n) is 7.09. The summed E-state index contributed by atoms with van der Waals surface area (Å²) in [6.07, 6.45) is 0.0579. The van der Waals surface area contributed by atoms with Gasteiger partial charge in [-0.1, -0.05) is 18.2 Å². The molecule has 5 nitrogen and oxygen atoms in total. The maximum atomic E-state index is 12.9. The molecule has 0 saturated heterocycles. The van der Waals surface area contributed by atoms with Crippen molar-refractivity contribution in [1.29, 1.82) is 0 Å². The Kier molecular flexibility index (Phi) is 3.29. The van der Waals surface area contributed by atoms with Gasteiger partial charge in [0.15, 0.2) is 0 Å². The van der Waals surface area contributed by atoms with Gasteiger partial charge < -0.3 is 10.0 Å². The van der Waals surface area contributed by atoms with Crippen molar-refractivity contribution in [2.45, 2.75) is 26.4 Å². The summed E-state index contributed by atoms with van der Waals surface area (Å²) in [7, 11) is 1.84. The summed E-state index contributed by atoms with van der Waals surface area (Å²) in [5.74, 6) is -0.0440. The summed E-state index contributed by atoms with van der Waals surface area (Å²) in [5, 5.41) is 14.4. The molecule has 1 amide bonds. The van der Waals surface area contributed by atoms with Crippen LogP contribution in [-0.4, -0.2) is 27.3 Å². The molecule has 5 heteroatoms. The zero-order valence-electron chi connectivity index (χ0n) is 12.5. The van der Waals surface area contributed by atoms with E-state index in [1.807, 2.05) is 45.2 Å². The summed E-state index contributed by atoms with van der Waals surface area (Å²) >= 11 is 0. The van der Waals surface area contributed by atoms with Crippen molar-refractivity contribution in [3.63, 3.8) is 0 Å². The highest BCUT2D eigenvalue weighted by Crippen LogP contribution is 2.34. The van der Waals surface area contributed by atoms with Gasteiger partial charge in [0.2, 0.25) is 0 Å². The molecule has 1 aliphatic heterocycles. The Labute approximate surface area is 123 Å². The normalized spacial score (nSPS) is 17.7. The highest BCUT2D eigenvalue weighted by atomic mass is 16.3. The summed E-state index contributed by atoms with van der Waals surface area (Å²) in [5.41, 5.74) is 3.87. The highest BCUT2D eigenvalue weighted by Gasteiger charge is 2.30. The number of rotatable bonds is 1. The maximum Gasteiger partial charge on any atom is 0.262 e. The van der Waals surface area contributed by atoms with Gasteiger partial charge in [-0.15, -0.1) is 0 Å². The first-order valence-corrected chi connectivity index (χ1v) is 7.09. The zero-order chi connectivity index (χ0) is 15.1. The van der Waals surface area contributed by atoms with E-state index in [0.717, 1.165) is 22.6 Å². The van der Waals surface area contributed by atoms with Gasteiger partial charge in [0.1, 0.15) is 0 Å². The molecule has 0 radical (unpaired) electrons. The van der Waals surface area contributed by atoms with Gasteiger partial charge in [-0.3, -0.25) is 9.48 Å². The number of fused-ring (bicyclic) bond motifs is 1. The second-order valence-corrected chi connectivity index (χ2v) is 5.49. The third-order valence-corrected chi connectivity index (χ3v) is 4.18. The summed E-state index contributed by atoms with van der Waals surface area (Å²) in [6.45, 7) is 4.27. The van der Waals surface area contributed by atoms with E-state index in [1.54, 1.807) is 9.58 Å². The molecule has 1 atom stereocenters. The number of hydrogen-bond acceptors (Lipinski definition) is 3. The Morgan fingerprint density at radius 1 is 1.33 bits per heavy atom. The molecule has 0 bridgehead atoms. The molecule has 110 valence electrons. The monoisotopic (exact) mass is 285 g/mol. The summed E-state index contributed by atoms with van der Waals surface area (Å²) in [4.78, 5) is 14.7. The number of carbonyl (C=O) groups excluding carboxylic acids is 1. The van der Waals surface area contributed by atoms with Crippen LogP contribution in [0.15, 0.2) is 24.3 Å². The van der Waals surface area contributed by atoms with Crippen LogP contribution in [0.3, 0.4) is 0 Å². The highest BCUT2D eigenvalue weighted by molar-refractivity contribution is 6.08. The Morgan fingerprint density at radius 2 is 2.05 bits per heavy atom. The minimum Gasteiger partial charge on any atom is -0.388 e. The van der Waals surface area contributed by atoms with Gasteiger partial charge in [-0.05, 0) is 26.3 Å². The van der Waals surface area contributed by atoms with E-state index in [4.69, 9.17) is 0 Å². The number of aliphatic hydroxyl groups excluding tert-OH is 1. The fourth-order valence-corrected chi connectivity index (χ4v) is 2.97. The number of amides is 1. The molecule has 0 spiro atoms. The topological polar surface area (TPSA) is 58.4 Å². The van der Waals surface area contributed by atoms with Crippen LogP contribution < -0.4 is 4.90 Å². The average molecular weight is 285 g/mol. The lowest BCUT2D eigenvalue weighted by atomic mass is 9.98. The van der Waals surface area contributed by atoms with Gasteiger partial charge in [0.25, 0.3) is 5.91 Å². The van der Waals surface area contributed by atoms with Crippen LogP contribution in [0.4, 0.5) is 5.69 Å². The fraction of sp³-hybridized carbons (Fsp3) is 0.375. The molecule has 1 aliphatic rings. The van der Waals surface area contributed by atoms with E-state index in [1.165, 1.54) is 0 Å². The third kappa shape index (κ3) is 2.14. The molecular weight excluding hydrogens is 266 g/mol. The lowest BCUT2D eigenvalue weighted by Gasteiger charge is -2.32. The van der Waals surface area contributed by atoms with Crippen molar-refractivity contribution in [2.75, 3.05) is 11.4 Å². The predicted octanol–water partition coefficient (Wildman–Crippen LogP) is 2.12. The Hall–Kier alpha value is -2.14. The zero-order valence-corrected chi connectivity index (χ0v) is 12.5. The van der Waals surface area contributed by atoms with E-state index in [9.17, 15) is 9.90 Å². The smallest absolute Gasteiger partial charge is 0.262 e. The molecule has 2 aromatic rings. The molecule has 1 unspecified atom stereocenters. The molecular formula is C16H19N3O2. The number of aliphatic hydroxyl groups is 1. The SMILES string of the molecule is Cc1nn(C)c(C)c1C(=O)N1CCC(O)c2ccccc21. The summed E-state index contributed by atoms with van der Waals surface area (Å²) < 4.78 is 1.73. The molecule has 1 N–H and O–H groups in total. The lowest BCUT2D eigenvalue weighted by molar-refractivity contribution is 0.0969. The Balaban J connectivity index is 2.05. The molecule has 1 aromatic carbocycles. The molecule has 0 fully saturated rings. The number of carbonyl (C=O) groups is 1. The first kappa shape index (κ1) is 13.8. The average Bonchev–Trinajstić information content (AvgIpc) is 2.72. The largest absolute Gasteiger partial charge is 0.388 e. The number of aryl methyl sites for hydroxylation is 2. The second kappa shape index (κ2) is 5.00. The number of anilines is 1. The number of benzene rings is 1. The van der Waals surface area contributed by atoms with Crippen molar-refractivity contribution >= 4 is 11.6 Å². The van der Waals surface area contributed by atoms with Gasteiger partial charge in [-0.2, -0.15) is 5.10 Å². The van der Waals surface area contributed by atoms with E-state index in [-0.39, 0.29) is 5.91 Å². The van der Waals surface area contributed by atoms with Gasteiger partial charge >= 0.3 is 0 Å². The number of nitrogens with zero attached hydrogens (tertiary/aromatic N) is 3. The van der Waals surface area contributed by atoms with Gasteiger partial charge in [0, 0.05) is 30.5 Å². The van der Waals surface area contributed by atoms with Crippen LogP contribution in [0.5, 0.6) is 0 Å². The third-order valence-electron chi connectivity index (χ3n) is 4.18. The van der Waals surface area contributed by atoms with Crippen molar-refractivity contribution in [3.05, 3.63) is 46.8 Å². The van der Waals surface area contributed by atoms with Crippen LogP contribution in [0.2, 0.25) is 0 Å². The second-order valence-electron chi connectivity index (χ2n) is 5.49. The lowest BCUT2D eigenvalue weighted by Crippen LogP contribution is -2.37. The van der Waals surface area contributed by atoms with E-state index >= 15 is 0 Å². The van der Waals surface area contributed by atoms with Gasteiger partial charge in [-0.25, -0.2) is 0 Å². The van der Waals surface area contributed by atoms with Gasteiger partial charge in [0.05, 0.1) is 17.4 Å². The molecule has 3 rings (SSSR count). The molecule has 21 heavy (non-hydrogen) atoms. The molecule has 2 heterocycles. The molecule has 1 aromatic heterocycles. The maximum absolute atomic E-state index is 12.9. The fourth-order valence-electron chi connectivity index (χ4n) is 2.97. The van der Waals surface area contributed by atoms with Crippen LogP contribution in [0.1, 0.15) is 39.8 Å². The minimum atomic E-state index is -0.499. The minimum absolute atomic E-state index is 0.0440. The molecule has 0 aliphatic carbocycles. The van der Waals surface area contributed by atoms with Crippen molar-refractivity contribution in [1.82, 2.24) is 9.78 Å². The van der Waals surface area contributed by atoms with Crippen LogP contribution in [-0.2, 0) is 7.05 Å². The Morgan fingerprint density at radius 3 is 2.71 bits per heavy atom.